The molecule has 0 aliphatic rings. The Kier molecular flexibility index (Phi) is 3.85. The van der Waals surface area contributed by atoms with Crippen LogP contribution in [0.25, 0.3) is 0 Å². The zero-order chi connectivity index (χ0) is 5.98. The van der Waals surface area contributed by atoms with E-state index in [2.05, 4.69) is 0 Å². The van der Waals surface area contributed by atoms with Crippen molar-refractivity contribution in [2.24, 2.45) is 0 Å². The molecule has 0 amide bonds. The predicted octanol–water partition coefficient (Wildman–Crippen LogP) is 1.20. The number of para-hydroxylation sites is 1. The fourth-order valence-corrected chi connectivity index (χ4v) is 0.587. The summed E-state index contributed by atoms with van der Waals surface area (Å²) in [4.78, 5) is 0. The fraction of sp³-hybridized carbons (Fsp3) is 0.143. The molecule has 0 fully saturated rings. The van der Waals surface area contributed by atoms with Crippen molar-refractivity contribution >= 4 is 33.0 Å². The van der Waals surface area contributed by atoms with Crippen LogP contribution in [-0.2, 0) is 0 Å². The monoisotopic (exact) mass is 315 g/mol. The third kappa shape index (κ3) is 2.34. The number of hydrogen-bond acceptors (Lipinski definition) is 1. The maximum Gasteiger partial charge on any atom is 0.0343 e. The second kappa shape index (κ2) is 3.87. The van der Waals surface area contributed by atoms with Crippen molar-refractivity contribution in [2.45, 2.75) is 6.92 Å². The molecule has 9 heavy (non-hydrogen) atoms. The van der Waals surface area contributed by atoms with E-state index in [1.54, 1.807) is 0 Å². The summed E-state index contributed by atoms with van der Waals surface area (Å²) >= 11 is 0. The van der Waals surface area contributed by atoms with Gasteiger partial charge >= 0.3 is 0 Å². The van der Waals surface area contributed by atoms with Crippen LogP contribution in [-0.4, -0.2) is 27.3 Å². The summed E-state index contributed by atoms with van der Waals surface area (Å²) in [5.74, 6) is 0. The van der Waals surface area contributed by atoms with Gasteiger partial charge in [-0.2, -0.15) is 0 Å². The second-order valence-corrected chi connectivity index (χ2v) is 1.86. The van der Waals surface area contributed by atoms with Crippen LogP contribution >= 0.6 is 0 Å². The average molecular weight is 314 g/mol. The SMILES string of the molecule is Cc1ccccc1N.[Pb]. The molecule has 2 heteroatoms. The molecule has 0 heterocycles. The van der Waals surface area contributed by atoms with Crippen molar-refractivity contribution in [2.75, 3.05) is 5.73 Å². The summed E-state index contributed by atoms with van der Waals surface area (Å²) in [5.41, 5.74) is 7.53. The van der Waals surface area contributed by atoms with Gasteiger partial charge in [-0.3, -0.25) is 0 Å². The molecule has 0 bridgehead atoms. The number of benzene rings is 1. The summed E-state index contributed by atoms with van der Waals surface area (Å²) in [6.45, 7) is 2.00. The van der Waals surface area contributed by atoms with Gasteiger partial charge in [-0.25, -0.2) is 0 Å². The molecule has 46 valence electrons. The summed E-state index contributed by atoms with van der Waals surface area (Å²) in [5, 5.41) is 0. The Morgan fingerprint density at radius 2 is 1.78 bits per heavy atom. The Morgan fingerprint density at radius 3 is 2.11 bits per heavy atom. The molecule has 0 saturated heterocycles. The number of aryl methyl sites for hydroxylation is 1. The summed E-state index contributed by atoms with van der Waals surface area (Å²) in [6.07, 6.45) is 0. The molecule has 0 atom stereocenters. The molecule has 0 aromatic heterocycles. The smallest absolute Gasteiger partial charge is 0.0343 e. The minimum Gasteiger partial charge on any atom is -0.399 e. The molecular formula is C7H9NPb. The topological polar surface area (TPSA) is 26.0 Å². The van der Waals surface area contributed by atoms with E-state index in [9.17, 15) is 0 Å². The maximum atomic E-state index is 5.52. The van der Waals surface area contributed by atoms with Crippen LogP contribution in [0.1, 0.15) is 5.56 Å². The Bertz CT molecular complexity index is 165. The van der Waals surface area contributed by atoms with E-state index in [1.807, 2.05) is 31.2 Å². The van der Waals surface area contributed by atoms with Gasteiger partial charge in [-0.1, -0.05) is 18.2 Å². The molecule has 0 aliphatic heterocycles. The first-order valence-corrected chi connectivity index (χ1v) is 2.62. The number of rotatable bonds is 0. The van der Waals surface area contributed by atoms with Gasteiger partial charge < -0.3 is 5.73 Å². The number of hydrogen-bond donors (Lipinski definition) is 1. The van der Waals surface area contributed by atoms with Crippen LogP contribution in [0.5, 0.6) is 0 Å². The summed E-state index contributed by atoms with van der Waals surface area (Å²) in [7, 11) is 0. The van der Waals surface area contributed by atoms with Gasteiger partial charge in [0, 0.05) is 33.0 Å². The number of anilines is 1. The maximum absolute atomic E-state index is 5.52. The normalized spacial score (nSPS) is 8.11. The van der Waals surface area contributed by atoms with Gasteiger partial charge in [-0.05, 0) is 18.6 Å². The van der Waals surface area contributed by atoms with Crippen molar-refractivity contribution < 1.29 is 0 Å². The van der Waals surface area contributed by atoms with Gasteiger partial charge in [-0.15, -0.1) is 0 Å². The first-order valence-electron chi connectivity index (χ1n) is 2.62. The van der Waals surface area contributed by atoms with Crippen molar-refractivity contribution in [3.05, 3.63) is 29.8 Å². The van der Waals surface area contributed by atoms with E-state index in [-0.39, 0.29) is 27.3 Å². The van der Waals surface area contributed by atoms with Crippen molar-refractivity contribution in [3.8, 4) is 0 Å². The zero-order valence-electron chi connectivity index (χ0n) is 5.39. The zero-order valence-corrected chi connectivity index (χ0v) is 9.27. The quantitative estimate of drug-likeness (QED) is 0.565. The first kappa shape index (κ1) is 8.94. The minimum atomic E-state index is 0. The summed E-state index contributed by atoms with van der Waals surface area (Å²) in [6, 6.07) is 7.80. The van der Waals surface area contributed by atoms with E-state index in [0.29, 0.717) is 0 Å². The fourth-order valence-electron chi connectivity index (χ4n) is 0.587. The minimum absolute atomic E-state index is 0. The molecule has 1 aromatic rings. The number of nitrogen functional groups attached to an aromatic ring is 1. The second-order valence-electron chi connectivity index (χ2n) is 1.86. The van der Waals surface area contributed by atoms with Gasteiger partial charge in [0.15, 0.2) is 0 Å². The largest absolute Gasteiger partial charge is 0.399 e. The van der Waals surface area contributed by atoms with Gasteiger partial charge in [0.05, 0.1) is 0 Å². The Balaban J connectivity index is 0.000000640. The molecule has 0 aliphatic carbocycles. The third-order valence-corrected chi connectivity index (χ3v) is 1.19. The predicted molar refractivity (Wildman–Crippen MR) is 41.3 cm³/mol. The van der Waals surface area contributed by atoms with E-state index in [0.717, 1.165) is 11.3 Å². The van der Waals surface area contributed by atoms with Crippen LogP contribution in [0.2, 0.25) is 0 Å². The Morgan fingerprint density at radius 1 is 1.22 bits per heavy atom. The molecule has 4 radical (unpaired) electrons. The van der Waals surface area contributed by atoms with E-state index >= 15 is 0 Å². The summed E-state index contributed by atoms with van der Waals surface area (Å²) < 4.78 is 0. The van der Waals surface area contributed by atoms with E-state index in [4.69, 9.17) is 5.73 Å². The third-order valence-electron chi connectivity index (χ3n) is 1.19. The number of nitrogens with two attached hydrogens (primary N) is 1. The van der Waals surface area contributed by atoms with Crippen LogP contribution in [0.4, 0.5) is 5.69 Å². The molecular weight excluding hydrogens is 305 g/mol. The molecule has 2 N–H and O–H groups in total. The van der Waals surface area contributed by atoms with Crippen LogP contribution < -0.4 is 5.73 Å². The van der Waals surface area contributed by atoms with Gasteiger partial charge in [0.25, 0.3) is 0 Å². The van der Waals surface area contributed by atoms with Gasteiger partial charge in [0.2, 0.25) is 0 Å². The Hall–Kier alpha value is -0.0579. The van der Waals surface area contributed by atoms with E-state index in [1.165, 1.54) is 0 Å². The van der Waals surface area contributed by atoms with Crippen molar-refractivity contribution in [3.63, 3.8) is 0 Å². The Labute approximate surface area is 75.4 Å². The first-order chi connectivity index (χ1) is 3.80. The molecule has 1 rings (SSSR count). The molecule has 0 unspecified atom stereocenters. The molecule has 1 nitrogen and oxygen atoms in total. The van der Waals surface area contributed by atoms with Crippen molar-refractivity contribution in [1.82, 2.24) is 0 Å². The molecule has 0 spiro atoms. The van der Waals surface area contributed by atoms with Crippen molar-refractivity contribution in [1.29, 1.82) is 0 Å². The van der Waals surface area contributed by atoms with Crippen LogP contribution in [0.15, 0.2) is 24.3 Å². The molecule has 0 saturated carbocycles. The standard InChI is InChI=1S/C7H9N.Pb/c1-6-4-2-3-5-7(6)8;/h2-5H,8H2,1H3;. The average Bonchev–Trinajstić information content (AvgIpc) is 1.77. The van der Waals surface area contributed by atoms with Crippen LogP contribution in [0, 0.1) is 6.92 Å². The van der Waals surface area contributed by atoms with Crippen LogP contribution in [0.3, 0.4) is 0 Å². The molecule has 1 aromatic carbocycles. The van der Waals surface area contributed by atoms with E-state index < -0.39 is 0 Å². The van der Waals surface area contributed by atoms with Gasteiger partial charge in [0.1, 0.15) is 0 Å².